The van der Waals surface area contributed by atoms with Gasteiger partial charge < -0.3 is 5.11 Å². The standard InChI is InChI=1S/C22H42O/c1-8-15-9-11-16(12-10-15)17-13-18(21(2,3)4)20(23)19(14-17)22(5,6)7/h15-20,23H,8-14H2,1-7H3. The molecule has 1 N–H and O–H groups in total. The fraction of sp³-hybridized carbons (Fsp3) is 1.00. The number of hydrogen-bond donors (Lipinski definition) is 1. The Balaban J connectivity index is 2.14. The molecule has 2 fully saturated rings. The van der Waals surface area contributed by atoms with Gasteiger partial charge in [0.2, 0.25) is 0 Å². The van der Waals surface area contributed by atoms with Crippen molar-refractivity contribution in [2.75, 3.05) is 0 Å². The predicted octanol–water partition coefficient (Wildman–Crippen LogP) is 6.30. The van der Waals surface area contributed by atoms with Crippen LogP contribution >= 0.6 is 0 Å². The second-order valence-corrected chi connectivity index (χ2v) is 10.9. The summed E-state index contributed by atoms with van der Waals surface area (Å²) in [5.74, 6) is 3.64. The molecule has 1 nitrogen and oxygen atoms in total. The van der Waals surface area contributed by atoms with Gasteiger partial charge in [0.25, 0.3) is 0 Å². The third-order valence-corrected chi connectivity index (χ3v) is 7.30. The van der Waals surface area contributed by atoms with Gasteiger partial charge in [0.05, 0.1) is 6.10 Å². The molecule has 2 aliphatic rings. The molecule has 0 bridgehead atoms. The smallest absolute Gasteiger partial charge is 0.0606 e. The summed E-state index contributed by atoms with van der Waals surface area (Å²) in [6, 6.07) is 0. The molecular weight excluding hydrogens is 280 g/mol. The Kier molecular flexibility index (Phi) is 5.92. The van der Waals surface area contributed by atoms with E-state index in [9.17, 15) is 5.11 Å². The van der Waals surface area contributed by atoms with Gasteiger partial charge in [-0.1, -0.05) is 67.7 Å². The van der Waals surface area contributed by atoms with Gasteiger partial charge >= 0.3 is 0 Å². The monoisotopic (exact) mass is 322 g/mol. The summed E-state index contributed by atoms with van der Waals surface area (Å²) in [5.41, 5.74) is 0.421. The molecular formula is C22H42O. The van der Waals surface area contributed by atoms with E-state index in [1.807, 2.05) is 0 Å². The zero-order valence-corrected chi connectivity index (χ0v) is 16.9. The molecule has 0 amide bonds. The summed E-state index contributed by atoms with van der Waals surface area (Å²) in [6.07, 6.45) is 9.50. The van der Waals surface area contributed by atoms with Crippen molar-refractivity contribution in [3.63, 3.8) is 0 Å². The van der Waals surface area contributed by atoms with Crippen LogP contribution in [0.4, 0.5) is 0 Å². The third-order valence-electron chi connectivity index (χ3n) is 7.30. The first-order valence-electron chi connectivity index (χ1n) is 10.2. The second-order valence-electron chi connectivity index (χ2n) is 10.9. The minimum Gasteiger partial charge on any atom is -0.393 e. The van der Waals surface area contributed by atoms with Gasteiger partial charge in [0.15, 0.2) is 0 Å². The van der Waals surface area contributed by atoms with Crippen LogP contribution in [0.3, 0.4) is 0 Å². The molecule has 2 rings (SSSR count). The topological polar surface area (TPSA) is 20.2 Å². The minimum atomic E-state index is -0.127. The Labute approximate surface area is 145 Å². The predicted molar refractivity (Wildman–Crippen MR) is 100 cm³/mol. The molecule has 2 unspecified atom stereocenters. The molecule has 2 atom stereocenters. The van der Waals surface area contributed by atoms with Crippen molar-refractivity contribution in [3.05, 3.63) is 0 Å². The Morgan fingerprint density at radius 3 is 1.52 bits per heavy atom. The largest absolute Gasteiger partial charge is 0.393 e. The highest BCUT2D eigenvalue weighted by molar-refractivity contribution is 4.97. The number of aliphatic hydroxyl groups is 1. The van der Waals surface area contributed by atoms with Crippen molar-refractivity contribution >= 4 is 0 Å². The summed E-state index contributed by atoms with van der Waals surface area (Å²) >= 11 is 0. The van der Waals surface area contributed by atoms with Gasteiger partial charge in [-0.25, -0.2) is 0 Å². The number of hydrogen-bond acceptors (Lipinski definition) is 1. The summed E-state index contributed by atoms with van der Waals surface area (Å²) in [4.78, 5) is 0. The summed E-state index contributed by atoms with van der Waals surface area (Å²) < 4.78 is 0. The maximum atomic E-state index is 11.1. The fourth-order valence-electron chi connectivity index (χ4n) is 5.49. The number of aliphatic hydroxyl groups excluding tert-OH is 1. The van der Waals surface area contributed by atoms with Crippen LogP contribution in [-0.4, -0.2) is 11.2 Å². The van der Waals surface area contributed by atoms with Crippen molar-refractivity contribution < 1.29 is 5.11 Å². The molecule has 0 saturated heterocycles. The lowest BCUT2D eigenvalue weighted by atomic mass is 9.56. The van der Waals surface area contributed by atoms with Crippen LogP contribution in [0.15, 0.2) is 0 Å². The van der Waals surface area contributed by atoms with Crippen molar-refractivity contribution in [1.29, 1.82) is 0 Å². The molecule has 0 heterocycles. The van der Waals surface area contributed by atoms with Gasteiger partial charge in [-0.15, -0.1) is 0 Å². The summed E-state index contributed by atoms with van der Waals surface area (Å²) in [7, 11) is 0. The van der Waals surface area contributed by atoms with Crippen molar-refractivity contribution in [2.24, 2.45) is 40.4 Å². The first kappa shape index (κ1) is 19.3. The lowest BCUT2D eigenvalue weighted by Gasteiger charge is -2.51. The molecule has 0 aliphatic heterocycles. The van der Waals surface area contributed by atoms with Crippen molar-refractivity contribution in [1.82, 2.24) is 0 Å². The average molecular weight is 323 g/mol. The number of rotatable bonds is 2. The van der Waals surface area contributed by atoms with E-state index in [4.69, 9.17) is 0 Å². The van der Waals surface area contributed by atoms with Crippen LogP contribution in [0.1, 0.15) is 93.4 Å². The van der Waals surface area contributed by atoms with E-state index >= 15 is 0 Å². The molecule has 1 heteroatoms. The van der Waals surface area contributed by atoms with Gasteiger partial charge in [-0.3, -0.25) is 0 Å². The molecule has 23 heavy (non-hydrogen) atoms. The molecule has 0 aromatic carbocycles. The fourth-order valence-corrected chi connectivity index (χ4v) is 5.49. The Bertz CT molecular complexity index is 340. The molecule has 136 valence electrons. The van der Waals surface area contributed by atoms with Crippen LogP contribution in [0.5, 0.6) is 0 Å². The molecule has 0 radical (unpaired) electrons. The van der Waals surface area contributed by atoms with E-state index in [1.54, 1.807) is 0 Å². The lowest BCUT2D eigenvalue weighted by Crippen LogP contribution is -2.49. The van der Waals surface area contributed by atoms with E-state index in [0.717, 1.165) is 17.8 Å². The van der Waals surface area contributed by atoms with E-state index in [2.05, 4.69) is 48.5 Å². The third kappa shape index (κ3) is 4.53. The zero-order valence-electron chi connectivity index (χ0n) is 16.9. The van der Waals surface area contributed by atoms with Crippen LogP contribution in [0.25, 0.3) is 0 Å². The molecule has 0 aromatic heterocycles. The highest BCUT2D eigenvalue weighted by atomic mass is 16.3. The van der Waals surface area contributed by atoms with Gasteiger partial charge in [-0.2, -0.15) is 0 Å². The highest BCUT2D eigenvalue weighted by Crippen LogP contribution is 2.52. The van der Waals surface area contributed by atoms with Crippen LogP contribution in [0.2, 0.25) is 0 Å². The Morgan fingerprint density at radius 2 is 1.17 bits per heavy atom. The lowest BCUT2D eigenvalue weighted by molar-refractivity contribution is -0.0947. The van der Waals surface area contributed by atoms with Crippen molar-refractivity contribution in [2.45, 2.75) is 99.5 Å². The molecule has 2 aliphatic carbocycles. The Morgan fingerprint density at radius 1 is 0.739 bits per heavy atom. The maximum Gasteiger partial charge on any atom is 0.0606 e. The molecule has 2 saturated carbocycles. The van der Waals surface area contributed by atoms with E-state index < -0.39 is 0 Å². The van der Waals surface area contributed by atoms with Gasteiger partial charge in [0, 0.05) is 0 Å². The van der Waals surface area contributed by atoms with Crippen LogP contribution < -0.4 is 0 Å². The summed E-state index contributed by atoms with van der Waals surface area (Å²) in [5, 5.41) is 11.1. The zero-order chi connectivity index (χ0) is 17.4. The first-order valence-corrected chi connectivity index (χ1v) is 10.2. The first-order chi connectivity index (χ1) is 10.5. The minimum absolute atomic E-state index is 0.127. The highest BCUT2D eigenvalue weighted by Gasteiger charge is 2.47. The van der Waals surface area contributed by atoms with E-state index in [0.29, 0.717) is 11.8 Å². The quantitative estimate of drug-likeness (QED) is 0.632. The van der Waals surface area contributed by atoms with Crippen LogP contribution in [0, 0.1) is 40.4 Å². The van der Waals surface area contributed by atoms with E-state index in [-0.39, 0.29) is 16.9 Å². The van der Waals surface area contributed by atoms with E-state index in [1.165, 1.54) is 44.9 Å². The Hall–Kier alpha value is -0.0400. The summed E-state index contributed by atoms with van der Waals surface area (Å²) in [6.45, 7) is 16.3. The van der Waals surface area contributed by atoms with Gasteiger partial charge in [0.1, 0.15) is 0 Å². The van der Waals surface area contributed by atoms with Gasteiger partial charge in [-0.05, 0) is 66.1 Å². The molecule has 0 spiro atoms. The SMILES string of the molecule is CCC1CCC(C2CC(C(C)(C)C)C(O)C(C(C)(C)C)C2)CC1. The normalized spacial score (nSPS) is 40.2. The van der Waals surface area contributed by atoms with Crippen LogP contribution in [-0.2, 0) is 0 Å². The average Bonchev–Trinajstić information content (AvgIpc) is 2.45. The second kappa shape index (κ2) is 7.06. The van der Waals surface area contributed by atoms with Crippen molar-refractivity contribution in [3.8, 4) is 0 Å². The molecule has 0 aromatic rings. The maximum absolute atomic E-state index is 11.1.